The number of nitrogens with zero attached hydrogens (tertiary/aromatic N) is 1. The molecule has 0 aliphatic carbocycles. The SMILES string of the molecule is COc1ccc(N=C(c2cc(C(F)(F)F)cc(C(F)(F)F)c2)c2cc(C(F)(F)F)cc(C(F)(F)F)c2)cc1. The smallest absolute Gasteiger partial charge is 0.416 e. The zero-order valence-corrected chi connectivity index (χ0v) is 18.7. The summed E-state index contributed by atoms with van der Waals surface area (Å²) in [5, 5.41) is 0. The number of ether oxygens (including phenoxy) is 1. The van der Waals surface area contributed by atoms with Crippen molar-refractivity contribution in [3.05, 3.63) is 94.0 Å². The number of aliphatic imine (C=N–C) groups is 1. The lowest BCUT2D eigenvalue weighted by Gasteiger charge is -2.18. The summed E-state index contributed by atoms with van der Waals surface area (Å²) in [7, 11) is 1.27. The highest BCUT2D eigenvalue weighted by Gasteiger charge is 2.39. The molecule has 0 saturated heterocycles. The zero-order valence-electron chi connectivity index (χ0n) is 18.7. The molecule has 38 heavy (non-hydrogen) atoms. The molecule has 0 saturated carbocycles. The number of alkyl halides is 12. The predicted molar refractivity (Wildman–Crippen MR) is 111 cm³/mol. The van der Waals surface area contributed by atoms with E-state index in [1.807, 2.05) is 0 Å². The topological polar surface area (TPSA) is 21.6 Å². The Morgan fingerprint density at radius 1 is 0.526 bits per heavy atom. The van der Waals surface area contributed by atoms with E-state index in [2.05, 4.69) is 4.99 Å². The Hall–Kier alpha value is -3.71. The lowest BCUT2D eigenvalue weighted by Crippen LogP contribution is -2.16. The maximum Gasteiger partial charge on any atom is 0.416 e. The van der Waals surface area contributed by atoms with Crippen molar-refractivity contribution < 1.29 is 57.4 Å². The first kappa shape index (κ1) is 28.9. The van der Waals surface area contributed by atoms with Crippen molar-refractivity contribution in [3.63, 3.8) is 0 Å². The van der Waals surface area contributed by atoms with Gasteiger partial charge in [-0.3, -0.25) is 0 Å². The van der Waals surface area contributed by atoms with Crippen LogP contribution >= 0.6 is 0 Å². The summed E-state index contributed by atoms with van der Waals surface area (Å²) in [5.74, 6) is 0.238. The quantitative estimate of drug-likeness (QED) is 0.231. The summed E-state index contributed by atoms with van der Waals surface area (Å²) in [6, 6.07) is 4.98. The third-order valence-corrected chi connectivity index (χ3v) is 5.04. The van der Waals surface area contributed by atoms with Crippen LogP contribution in [0.15, 0.2) is 65.7 Å². The molecule has 3 rings (SSSR count). The van der Waals surface area contributed by atoms with Gasteiger partial charge in [0.2, 0.25) is 0 Å². The van der Waals surface area contributed by atoms with Crippen LogP contribution in [0, 0.1) is 0 Å². The molecule has 3 aromatic rings. The van der Waals surface area contributed by atoms with Gasteiger partial charge in [-0.25, -0.2) is 4.99 Å². The fraction of sp³-hybridized carbons (Fsp3) is 0.208. The number of halogens is 12. The Morgan fingerprint density at radius 2 is 0.842 bits per heavy atom. The first-order chi connectivity index (χ1) is 17.3. The lowest BCUT2D eigenvalue weighted by atomic mass is 9.94. The van der Waals surface area contributed by atoms with Gasteiger partial charge >= 0.3 is 24.7 Å². The third-order valence-electron chi connectivity index (χ3n) is 5.04. The monoisotopic (exact) mass is 559 g/mol. The highest BCUT2D eigenvalue weighted by Crippen LogP contribution is 2.40. The van der Waals surface area contributed by atoms with Crippen LogP contribution < -0.4 is 4.74 Å². The molecule has 2 nitrogen and oxygen atoms in total. The van der Waals surface area contributed by atoms with Gasteiger partial charge in [0.1, 0.15) is 5.75 Å². The van der Waals surface area contributed by atoms with Gasteiger partial charge in [-0.15, -0.1) is 0 Å². The Labute approximate surface area is 206 Å². The molecule has 0 fully saturated rings. The van der Waals surface area contributed by atoms with Gasteiger partial charge in [-0.2, -0.15) is 52.7 Å². The number of hydrogen-bond donors (Lipinski definition) is 0. The molecule has 0 aromatic heterocycles. The zero-order chi connectivity index (χ0) is 28.7. The molecule has 0 unspecified atom stereocenters. The van der Waals surface area contributed by atoms with Crippen molar-refractivity contribution in [3.8, 4) is 5.75 Å². The predicted octanol–water partition coefficient (Wildman–Crippen LogP) is 8.94. The number of rotatable bonds is 4. The number of hydrogen-bond acceptors (Lipinski definition) is 2. The molecule has 0 N–H and O–H groups in total. The van der Waals surface area contributed by atoms with Crippen LogP contribution in [-0.2, 0) is 24.7 Å². The lowest BCUT2D eigenvalue weighted by molar-refractivity contribution is -0.144. The second-order valence-corrected chi connectivity index (χ2v) is 7.75. The van der Waals surface area contributed by atoms with Gasteiger partial charge in [0, 0.05) is 11.1 Å². The molecule has 0 spiro atoms. The highest BCUT2D eigenvalue weighted by atomic mass is 19.4. The van der Waals surface area contributed by atoms with Crippen molar-refractivity contribution in [2.75, 3.05) is 7.11 Å². The van der Waals surface area contributed by atoms with E-state index in [9.17, 15) is 52.7 Å². The van der Waals surface area contributed by atoms with E-state index in [-0.39, 0.29) is 47.8 Å². The summed E-state index contributed by atoms with van der Waals surface area (Å²) in [6.07, 6.45) is -21.4. The van der Waals surface area contributed by atoms with Crippen molar-refractivity contribution in [1.29, 1.82) is 0 Å². The molecule has 14 heteroatoms. The molecule has 204 valence electrons. The van der Waals surface area contributed by atoms with E-state index in [0.29, 0.717) is 0 Å². The molecule has 3 aromatic carbocycles. The molecule has 0 radical (unpaired) electrons. The Balaban J connectivity index is 2.43. The summed E-state index contributed by atoms with van der Waals surface area (Å²) in [4.78, 5) is 3.86. The van der Waals surface area contributed by atoms with Gasteiger partial charge in [-0.1, -0.05) is 0 Å². The molecule has 0 heterocycles. The number of benzene rings is 3. The van der Waals surface area contributed by atoms with Crippen LogP contribution in [0.1, 0.15) is 33.4 Å². The molecule has 0 amide bonds. The summed E-state index contributed by atoms with van der Waals surface area (Å²) in [5.41, 5.74) is -10.6. The van der Waals surface area contributed by atoms with Gasteiger partial charge in [-0.05, 0) is 60.7 Å². The minimum atomic E-state index is -5.34. The highest BCUT2D eigenvalue weighted by molar-refractivity contribution is 6.14. The first-order valence-electron chi connectivity index (χ1n) is 10.1. The van der Waals surface area contributed by atoms with Crippen LogP contribution in [-0.4, -0.2) is 12.8 Å². The Kier molecular flexibility index (Phi) is 7.50. The van der Waals surface area contributed by atoms with E-state index in [0.717, 1.165) is 12.1 Å². The average molecular weight is 559 g/mol. The van der Waals surface area contributed by atoms with E-state index < -0.39 is 63.8 Å². The van der Waals surface area contributed by atoms with E-state index in [1.165, 1.54) is 19.2 Å². The van der Waals surface area contributed by atoms with Crippen molar-refractivity contribution in [2.45, 2.75) is 24.7 Å². The minimum absolute atomic E-state index is 0.158. The maximum atomic E-state index is 13.4. The molecular formula is C24H13F12NO. The fourth-order valence-corrected chi connectivity index (χ4v) is 3.26. The summed E-state index contributed by atoms with van der Waals surface area (Å²) in [6.45, 7) is 0. The molecule has 0 aliphatic rings. The summed E-state index contributed by atoms with van der Waals surface area (Å²) >= 11 is 0. The van der Waals surface area contributed by atoms with Crippen LogP contribution in [0.3, 0.4) is 0 Å². The fourth-order valence-electron chi connectivity index (χ4n) is 3.26. The average Bonchev–Trinajstić information content (AvgIpc) is 2.80. The second kappa shape index (κ2) is 9.87. The van der Waals surface area contributed by atoms with Gasteiger partial charge in [0.05, 0.1) is 40.8 Å². The third kappa shape index (κ3) is 6.78. The molecule has 0 atom stereocenters. The second-order valence-electron chi connectivity index (χ2n) is 7.75. The van der Waals surface area contributed by atoms with E-state index in [1.54, 1.807) is 0 Å². The largest absolute Gasteiger partial charge is 0.497 e. The molecular weight excluding hydrogens is 546 g/mol. The van der Waals surface area contributed by atoms with Crippen LogP contribution in [0.25, 0.3) is 0 Å². The number of methoxy groups -OCH3 is 1. The molecule has 0 bridgehead atoms. The normalized spacial score (nSPS) is 12.9. The van der Waals surface area contributed by atoms with Crippen molar-refractivity contribution in [1.82, 2.24) is 0 Å². The standard InChI is InChI=1S/C24H13F12NO/c1-38-19-4-2-18(3-5-19)37-20(12-6-14(21(25,26)27)10-15(7-12)22(28,29)30)13-8-16(23(31,32)33)11-17(9-13)24(34,35)36/h2-11H,1H3. The summed E-state index contributed by atoms with van der Waals surface area (Å²) < 4.78 is 166. The first-order valence-corrected chi connectivity index (χ1v) is 10.1. The van der Waals surface area contributed by atoms with E-state index in [4.69, 9.17) is 4.74 Å². The Bertz CT molecular complexity index is 1190. The van der Waals surface area contributed by atoms with Crippen LogP contribution in [0.2, 0.25) is 0 Å². The maximum absolute atomic E-state index is 13.4. The van der Waals surface area contributed by atoms with Gasteiger partial charge < -0.3 is 4.74 Å². The molecule has 0 aliphatic heterocycles. The van der Waals surface area contributed by atoms with Crippen molar-refractivity contribution in [2.24, 2.45) is 4.99 Å². The van der Waals surface area contributed by atoms with Crippen LogP contribution in [0.5, 0.6) is 5.75 Å². The van der Waals surface area contributed by atoms with E-state index >= 15 is 0 Å². The Morgan fingerprint density at radius 3 is 1.11 bits per heavy atom. The van der Waals surface area contributed by atoms with Gasteiger partial charge in [0.15, 0.2) is 0 Å². The minimum Gasteiger partial charge on any atom is -0.497 e. The van der Waals surface area contributed by atoms with Gasteiger partial charge in [0.25, 0.3) is 0 Å². The van der Waals surface area contributed by atoms with Crippen LogP contribution in [0.4, 0.5) is 58.4 Å². The van der Waals surface area contributed by atoms with Crippen molar-refractivity contribution >= 4 is 11.4 Å².